The van der Waals surface area contributed by atoms with E-state index in [1.807, 2.05) is 19.2 Å². The van der Waals surface area contributed by atoms with Crippen LogP contribution in [0.15, 0.2) is 18.3 Å². The molecule has 1 aliphatic heterocycles. The second kappa shape index (κ2) is 6.34. The van der Waals surface area contributed by atoms with Gasteiger partial charge in [0.25, 0.3) is 0 Å². The normalized spacial score (nSPS) is 32.4. The molecule has 5 nitrogen and oxygen atoms in total. The predicted molar refractivity (Wildman–Crippen MR) is 90.8 cm³/mol. The Morgan fingerprint density at radius 1 is 1.38 bits per heavy atom. The number of rotatable bonds is 5. The van der Waals surface area contributed by atoms with Crippen LogP contribution < -0.4 is 4.90 Å². The summed E-state index contributed by atoms with van der Waals surface area (Å²) in [7, 11) is 1.82. The number of nitrogens with zero attached hydrogens (tertiary/aromatic N) is 3. The molecule has 0 aromatic carbocycles. The summed E-state index contributed by atoms with van der Waals surface area (Å²) >= 11 is 0. The summed E-state index contributed by atoms with van der Waals surface area (Å²) < 4.78 is 12.2. The third-order valence-corrected chi connectivity index (χ3v) is 5.99. The lowest BCUT2D eigenvalue weighted by Crippen LogP contribution is -2.52. The van der Waals surface area contributed by atoms with E-state index in [4.69, 9.17) is 9.47 Å². The zero-order valence-corrected chi connectivity index (χ0v) is 14.3. The molecule has 1 saturated heterocycles. The Morgan fingerprint density at radius 3 is 3.00 bits per heavy atom. The summed E-state index contributed by atoms with van der Waals surface area (Å²) in [6.07, 6.45) is 8.76. The van der Waals surface area contributed by atoms with Crippen molar-refractivity contribution in [3.05, 3.63) is 23.9 Å². The van der Waals surface area contributed by atoms with Gasteiger partial charge in [0.1, 0.15) is 11.9 Å². The van der Waals surface area contributed by atoms with Crippen LogP contribution in [-0.4, -0.2) is 43.0 Å². The van der Waals surface area contributed by atoms with Crippen molar-refractivity contribution < 1.29 is 9.47 Å². The zero-order valence-electron chi connectivity index (χ0n) is 14.3. The molecular weight excluding hydrogens is 302 g/mol. The number of pyridine rings is 1. The van der Waals surface area contributed by atoms with Crippen LogP contribution in [0.25, 0.3) is 0 Å². The quantitative estimate of drug-likeness (QED) is 0.832. The lowest BCUT2D eigenvalue weighted by atomic mass is 9.79. The Bertz CT molecular complexity index is 640. The van der Waals surface area contributed by atoms with Gasteiger partial charge in [-0.05, 0) is 56.6 Å². The highest BCUT2D eigenvalue weighted by atomic mass is 16.5. The molecule has 0 unspecified atom stereocenters. The zero-order chi connectivity index (χ0) is 16.6. The maximum Gasteiger partial charge on any atom is 0.146 e. The maximum atomic E-state index is 9.43. The molecule has 0 spiro atoms. The molecule has 3 atom stereocenters. The van der Waals surface area contributed by atoms with Gasteiger partial charge in [0.2, 0.25) is 0 Å². The number of nitriles is 1. The van der Waals surface area contributed by atoms with Gasteiger partial charge in [-0.25, -0.2) is 4.98 Å². The van der Waals surface area contributed by atoms with E-state index >= 15 is 0 Å². The highest BCUT2D eigenvalue weighted by Gasteiger charge is 2.52. The molecule has 128 valence electrons. The molecule has 2 aliphatic carbocycles. The first-order valence-corrected chi connectivity index (χ1v) is 9.04. The second-order valence-corrected chi connectivity index (χ2v) is 7.39. The van der Waals surface area contributed by atoms with Gasteiger partial charge in [0.15, 0.2) is 0 Å². The number of ether oxygens (including phenoxy) is 2. The standard InChI is InChI=1S/C19H25N3O2/c1-23-19-7-6-16(24-13-14-4-5-14)11-17(19)22(10-8-19)18-15(12-20)3-2-9-21-18/h2-3,9,14,16-17H,4-8,10-11,13H2,1H3/t16-,17-,19+/m0/s1. The molecule has 2 saturated carbocycles. The van der Waals surface area contributed by atoms with Crippen LogP contribution in [0.5, 0.6) is 0 Å². The van der Waals surface area contributed by atoms with Crippen molar-refractivity contribution in [2.24, 2.45) is 5.92 Å². The Hall–Kier alpha value is -1.64. The van der Waals surface area contributed by atoms with Crippen LogP contribution in [0.3, 0.4) is 0 Å². The molecule has 2 heterocycles. The monoisotopic (exact) mass is 327 g/mol. The summed E-state index contributed by atoms with van der Waals surface area (Å²) in [5, 5.41) is 9.43. The summed E-state index contributed by atoms with van der Waals surface area (Å²) in [6.45, 7) is 1.80. The minimum absolute atomic E-state index is 0.121. The number of anilines is 1. The van der Waals surface area contributed by atoms with Gasteiger partial charge >= 0.3 is 0 Å². The third-order valence-electron chi connectivity index (χ3n) is 5.99. The van der Waals surface area contributed by atoms with E-state index in [9.17, 15) is 5.26 Å². The highest BCUT2D eigenvalue weighted by Crippen LogP contribution is 2.45. The largest absolute Gasteiger partial charge is 0.378 e. The first kappa shape index (κ1) is 15.9. The van der Waals surface area contributed by atoms with Crippen LogP contribution >= 0.6 is 0 Å². The van der Waals surface area contributed by atoms with E-state index in [2.05, 4.69) is 16.0 Å². The third kappa shape index (κ3) is 2.78. The van der Waals surface area contributed by atoms with Gasteiger partial charge in [-0.2, -0.15) is 5.26 Å². The fourth-order valence-electron chi connectivity index (χ4n) is 4.34. The highest BCUT2D eigenvalue weighted by molar-refractivity contribution is 5.55. The molecule has 1 aromatic rings. The van der Waals surface area contributed by atoms with E-state index in [1.54, 1.807) is 6.20 Å². The molecule has 3 fully saturated rings. The minimum Gasteiger partial charge on any atom is -0.378 e. The fourth-order valence-corrected chi connectivity index (χ4v) is 4.34. The molecule has 0 N–H and O–H groups in total. The first-order valence-electron chi connectivity index (χ1n) is 9.04. The molecule has 4 rings (SSSR count). The molecule has 1 aromatic heterocycles. The average Bonchev–Trinajstić information content (AvgIpc) is 3.39. The number of methoxy groups -OCH3 is 1. The van der Waals surface area contributed by atoms with E-state index in [0.29, 0.717) is 11.7 Å². The summed E-state index contributed by atoms with van der Waals surface area (Å²) in [4.78, 5) is 6.79. The predicted octanol–water partition coefficient (Wildman–Crippen LogP) is 2.90. The van der Waals surface area contributed by atoms with Crippen molar-refractivity contribution in [2.45, 2.75) is 56.3 Å². The van der Waals surface area contributed by atoms with Crippen molar-refractivity contribution in [2.75, 3.05) is 25.2 Å². The molecular formula is C19H25N3O2. The molecule has 0 bridgehead atoms. The van der Waals surface area contributed by atoms with E-state index in [1.165, 1.54) is 12.8 Å². The van der Waals surface area contributed by atoms with E-state index in [0.717, 1.165) is 50.6 Å². The Kier molecular flexibility index (Phi) is 4.19. The molecule has 0 amide bonds. The lowest BCUT2D eigenvalue weighted by Gasteiger charge is -2.43. The van der Waals surface area contributed by atoms with Gasteiger partial charge in [-0.3, -0.25) is 0 Å². The summed E-state index contributed by atoms with van der Waals surface area (Å²) in [5.41, 5.74) is 0.523. The smallest absolute Gasteiger partial charge is 0.146 e. The van der Waals surface area contributed by atoms with Crippen LogP contribution in [0.2, 0.25) is 0 Å². The lowest BCUT2D eigenvalue weighted by molar-refractivity contribution is -0.0816. The van der Waals surface area contributed by atoms with Crippen molar-refractivity contribution in [1.29, 1.82) is 5.26 Å². The molecule has 5 heteroatoms. The van der Waals surface area contributed by atoms with Gasteiger partial charge < -0.3 is 14.4 Å². The fraction of sp³-hybridized carbons (Fsp3) is 0.684. The van der Waals surface area contributed by atoms with Gasteiger partial charge in [-0.15, -0.1) is 0 Å². The Morgan fingerprint density at radius 2 is 2.25 bits per heavy atom. The number of hydrogen-bond acceptors (Lipinski definition) is 5. The molecule has 0 radical (unpaired) electrons. The molecule has 3 aliphatic rings. The van der Waals surface area contributed by atoms with Crippen molar-refractivity contribution >= 4 is 5.82 Å². The second-order valence-electron chi connectivity index (χ2n) is 7.39. The van der Waals surface area contributed by atoms with E-state index < -0.39 is 0 Å². The van der Waals surface area contributed by atoms with Crippen LogP contribution in [0.4, 0.5) is 5.82 Å². The maximum absolute atomic E-state index is 9.43. The number of aromatic nitrogens is 1. The van der Waals surface area contributed by atoms with Crippen LogP contribution in [0.1, 0.15) is 44.1 Å². The molecule has 24 heavy (non-hydrogen) atoms. The van der Waals surface area contributed by atoms with Crippen molar-refractivity contribution in [3.8, 4) is 6.07 Å². The Balaban J connectivity index is 1.56. The number of hydrogen-bond donors (Lipinski definition) is 0. The minimum atomic E-state index is -0.121. The number of fused-ring (bicyclic) bond motifs is 1. The van der Waals surface area contributed by atoms with Crippen molar-refractivity contribution in [1.82, 2.24) is 4.98 Å². The van der Waals surface area contributed by atoms with Crippen LogP contribution in [0, 0.1) is 17.2 Å². The Labute approximate surface area is 143 Å². The van der Waals surface area contributed by atoms with Crippen LogP contribution in [-0.2, 0) is 9.47 Å². The van der Waals surface area contributed by atoms with E-state index in [-0.39, 0.29) is 11.6 Å². The average molecular weight is 327 g/mol. The summed E-state index contributed by atoms with van der Waals surface area (Å²) in [6, 6.07) is 6.19. The SMILES string of the molecule is CO[C@@]12CC[C@H](OCC3CC3)C[C@@H]1N(c1ncccc1C#N)CC2. The van der Waals surface area contributed by atoms with Crippen molar-refractivity contribution in [3.63, 3.8) is 0 Å². The topological polar surface area (TPSA) is 58.4 Å². The van der Waals surface area contributed by atoms with Gasteiger partial charge in [0.05, 0.1) is 23.3 Å². The van der Waals surface area contributed by atoms with Gasteiger partial charge in [-0.1, -0.05) is 0 Å². The summed E-state index contributed by atoms with van der Waals surface area (Å²) in [5.74, 6) is 1.59. The first-order chi connectivity index (χ1) is 11.8. The van der Waals surface area contributed by atoms with Gasteiger partial charge in [0, 0.05) is 26.5 Å².